The van der Waals surface area contributed by atoms with Crippen LogP contribution in [0.15, 0.2) is 41.9 Å². The molecular formula is C13H15N4OSi. The first-order valence-corrected chi connectivity index (χ1v) is 8.34. The molecule has 0 aliphatic rings. The molecule has 0 amide bonds. The Morgan fingerprint density at radius 3 is 2.68 bits per heavy atom. The lowest BCUT2D eigenvalue weighted by Crippen LogP contribution is -2.12. The van der Waals surface area contributed by atoms with Crippen molar-refractivity contribution in [3.63, 3.8) is 0 Å². The van der Waals surface area contributed by atoms with E-state index in [1.165, 1.54) is 12.7 Å². The molecule has 2 aromatic rings. The predicted octanol–water partition coefficient (Wildman–Crippen LogP) is 2.12. The third-order valence-corrected chi connectivity index (χ3v) is 2.90. The van der Waals surface area contributed by atoms with E-state index in [-0.39, 0.29) is 0 Å². The van der Waals surface area contributed by atoms with E-state index in [2.05, 4.69) is 33.0 Å². The highest BCUT2D eigenvalue weighted by molar-refractivity contribution is 6.49. The molecular weight excluding hydrogens is 256 g/mol. The van der Waals surface area contributed by atoms with Gasteiger partial charge < -0.3 is 4.43 Å². The van der Waals surface area contributed by atoms with Crippen molar-refractivity contribution in [2.75, 3.05) is 0 Å². The highest BCUT2D eigenvalue weighted by Crippen LogP contribution is 2.19. The molecule has 1 aromatic carbocycles. The first-order valence-electron chi connectivity index (χ1n) is 5.93. The van der Waals surface area contributed by atoms with E-state index >= 15 is 0 Å². The Labute approximate surface area is 114 Å². The van der Waals surface area contributed by atoms with Gasteiger partial charge in [-0.2, -0.15) is 0 Å². The summed E-state index contributed by atoms with van der Waals surface area (Å²) in [5.41, 5.74) is 1.07. The van der Waals surface area contributed by atoms with Gasteiger partial charge in [0.1, 0.15) is 18.4 Å². The molecule has 5 nitrogen and oxygen atoms in total. The molecule has 97 valence electrons. The predicted molar refractivity (Wildman–Crippen MR) is 75.7 cm³/mol. The number of hydrogen-bond donors (Lipinski definition) is 0. The van der Waals surface area contributed by atoms with Crippen molar-refractivity contribution in [3.8, 4) is 5.75 Å². The van der Waals surface area contributed by atoms with Crippen LogP contribution in [0.25, 0.3) is 0 Å². The summed E-state index contributed by atoms with van der Waals surface area (Å²) in [5.74, 6) is 1.47. The monoisotopic (exact) mass is 271 g/mol. The number of rotatable bonds is 5. The molecule has 0 spiro atoms. The summed E-state index contributed by atoms with van der Waals surface area (Å²) in [7, 11) is -0.770. The van der Waals surface area contributed by atoms with Crippen LogP contribution in [0.2, 0.25) is 13.1 Å². The molecule has 0 bridgehead atoms. The maximum atomic E-state index is 5.83. The van der Waals surface area contributed by atoms with Crippen molar-refractivity contribution in [2.24, 2.45) is 4.99 Å². The number of aromatic nitrogens is 3. The van der Waals surface area contributed by atoms with Gasteiger partial charge in [-0.25, -0.2) is 15.0 Å². The minimum Gasteiger partial charge on any atom is -0.542 e. The lowest BCUT2D eigenvalue weighted by atomic mass is 10.2. The molecule has 0 fully saturated rings. The lowest BCUT2D eigenvalue weighted by molar-refractivity contribution is 0.572. The highest BCUT2D eigenvalue weighted by Gasteiger charge is 2.05. The molecule has 0 saturated heterocycles. The Morgan fingerprint density at radius 1 is 1.21 bits per heavy atom. The summed E-state index contributed by atoms with van der Waals surface area (Å²) in [4.78, 5) is 16.1. The van der Waals surface area contributed by atoms with Gasteiger partial charge in [-0.3, -0.25) is 4.99 Å². The van der Waals surface area contributed by atoms with E-state index in [0.29, 0.717) is 12.4 Å². The minimum absolute atomic E-state index is 0.553. The second-order valence-electron chi connectivity index (χ2n) is 4.08. The lowest BCUT2D eigenvalue weighted by Gasteiger charge is -2.11. The van der Waals surface area contributed by atoms with Gasteiger partial charge in [0.05, 0.1) is 12.8 Å². The molecule has 0 N–H and O–H groups in total. The fourth-order valence-electron chi connectivity index (χ4n) is 1.49. The Kier molecular flexibility index (Phi) is 4.74. The second kappa shape index (κ2) is 6.74. The zero-order valence-corrected chi connectivity index (χ0v) is 11.9. The van der Waals surface area contributed by atoms with Gasteiger partial charge >= 0.3 is 0 Å². The average Bonchev–Trinajstić information content (AvgIpc) is 2.41. The third kappa shape index (κ3) is 4.25. The number of nitrogens with zero attached hydrogens (tertiary/aromatic N) is 4. The van der Waals surface area contributed by atoms with Gasteiger partial charge in [0.2, 0.25) is 0 Å². The third-order valence-electron chi connectivity index (χ3n) is 2.27. The van der Waals surface area contributed by atoms with E-state index in [4.69, 9.17) is 4.43 Å². The molecule has 0 saturated carbocycles. The molecule has 1 aromatic heterocycles. The summed E-state index contributed by atoms with van der Waals surface area (Å²) in [6.45, 7) is 4.77. The van der Waals surface area contributed by atoms with Gasteiger partial charge in [0.25, 0.3) is 9.04 Å². The zero-order chi connectivity index (χ0) is 13.5. The van der Waals surface area contributed by atoms with Crippen molar-refractivity contribution in [3.05, 3.63) is 48.3 Å². The first-order chi connectivity index (χ1) is 9.25. The normalized spacial score (nSPS) is 11.1. The van der Waals surface area contributed by atoms with Crippen LogP contribution < -0.4 is 4.43 Å². The minimum atomic E-state index is -0.770. The zero-order valence-electron chi connectivity index (χ0n) is 10.9. The Bertz CT molecular complexity index is 545. The van der Waals surface area contributed by atoms with Crippen molar-refractivity contribution >= 4 is 15.3 Å². The molecule has 1 radical (unpaired) electrons. The number of aliphatic imine (C=N–C) groups is 1. The maximum Gasteiger partial charge on any atom is 0.274 e. The van der Waals surface area contributed by atoms with E-state index in [9.17, 15) is 0 Å². The Balaban J connectivity index is 2.05. The Morgan fingerprint density at radius 2 is 1.95 bits per heavy atom. The summed E-state index contributed by atoms with van der Waals surface area (Å²) >= 11 is 0. The van der Waals surface area contributed by atoms with Gasteiger partial charge in [-0.1, -0.05) is 18.2 Å². The van der Waals surface area contributed by atoms with E-state index in [1.54, 1.807) is 6.21 Å². The first kappa shape index (κ1) is 13.4. The number of benzene rings is 1. The van der Waals surface area contributed by atoms with Gasteiger partial charge in [-0.15, -0.1) is 0 Å². The van der Waals surface area contributed by atoms with E-state index in [1.807, 2.05) is 24.3 Å². The van der Waals surface area contributed by atoms with Crippen LogP contribution in [0.5, 0.6) is 5.75 Å². The largest absolute Gasteiger partial charge is 0.542 e. The molecule has 1 heterocycles. The van der Waals surface area contributed by atoms with Crippen LogP contribution in [0.4, 0.5) is 0 Å². The van der Waals surface area contributed by atoms with Crippen molar-refractivity contribution < 1.29 is 4.43 Å². The number of para-hydroxylation sites is 1. The van der Waals surface area contributed by atoms with Crippen LogP contribution in [0.1, 0.15) is 11.4 Å². The van der Waals surface area contributed by atoms with E-state index in [0.717, 1.165) is 11.3 Å². The van der Waals surface area contributed by atoms with Gasteiger partial charge in [-0.05, 0) is 19.2 Å². The summed E-state index contributed by atoms with van der Waals surface area (Å²) in [6.07, 6.45) is 4.55. The molecule has 0 aliphatic carbocycles. The van der Waals surface area contributed by atoms with Gasteiger partial charge in [0, 0.05) is 5.56 Å². The summed E-state index contributed by atoms with van der Waals surface area (Å²) in [5, 5.41) is 0. The average molecular weight is 271 g/mol. The summed E-state index contributed by atoms with van der Waals surface area (Å²) in [6, 6.07) is 7.95. The molecule has 6 heteroatoms. The molecule has 0 unspecified atom stereocenters. The van der Waals surface area contributed by atoms with Gasteiger partial charge in [0.15, 0.2) is 5.82 Å². The fraction of sp³-hybridized carbons (Fsp3) is 0.231. The van der Waals surface area contributed by atoms with Crippen molar-refractivity contribution in [2.45, 2.75) is 19.6 Å². The van der Waals surface area contributed by atoms with Crippen LogP contribution in [0, 0.1) is 0 Å². The van der Waals surface area contributed by atoms with E-state index < -0.39 is 9.04 Å². The molecule has 0 atom stereocenters. The van der Waals surface area contributed by atoms with Crippen LogP contribution in [0.3, 0.4) is 0 Å². The molecule has 19 heavy (non-hydrogen) atoms. The quantitative estimate of drug-likeness (QED) is 0.617. The standard InChI is InChI=1S/C13H15N4OSi/c1-19(2)18-12-6-4-3-5-11(12)7-14-8-13-16-9-15-10-17-13/h3-6,8-10H,7H2,1-2H3. The van der Waals surface area contributed by atoms with Crippen molar-refractivity contribution in [1.29, 1.82) is 0 Å². The number of hydrogen-bond acceptors (Lipinski definition) is 5. The molecule has 0 aliphatic heterocycles. The smallest absolute Gasteiger partial charge is 0.274 e. The molecule has 2 rings (SSSR count). The van der Waals surface area contributed by atoms with Crippen LogP contribution >= 0.6 is 0 Å². The van der Waals surface area contributed by atoms with Crippen LogP contribution in [-0.2, 0) is 6.54 Å². The topological polar surface area (TPSA) is 60.3 Å². The maximum absolute atomic E-state index is 5.83. The SMILES string of the molecule is C[Si](C)Oc1ccccc1CN=Cc1ncncn1. The van der Waals surface area contributed by atoms with Crippen LogP contribution in [-0.4, -0.2) is 30.2 Å². The second-order valence-corrected chi connectivity index (χ2v) is 6.10. The fourth-order valence-corrected chi connectivity index (χ4v) is 2.13. The highest BCUT2D eigenvalue weighted by atomic mass is 28.3. The summed E-state index contributed by atoms with van der Waals surface area (Å²) < 4.78 is 5.83. The van der Waals surface area contributed by atoms with Crippen molar-refractivity contribution in [1.82, 2.24) is 15.0 Å². The Hall–Kier alpha value is -2.08.